The van der Waals surface area contributed by atoms with Gasteiger partial charge in [-0.2, -0.15) is 0 Å². The van der Waals surface area contributed by atoms with Crippen LogP contribution in [0.3, 0.4) is 0 Å². The average Bonchev–Trinajstić information content (AvgIpc) is 2.37. The minimum atomic E-state index is -0.0994. The van der Waals surface area contributed by atoms with E-state index in [4.69, 9.17) is 15.3 Å². The molecule has 0 saturated heterocycles. The Morgan fingerprint density at radius 3 is 2.67 bits per heavy atom. The number of benzene rings is 1. The first kappa shape index (κ1) is 13.3. The quantitative estimate of drug-likeness (QED) is 0.595. The molecule has 3 N–H and O–H groups in total. The van der Waals surface area contributed by atoms with Gasteiger partial charge in [-0.25, -0.2) is 0 Å². The summed E-state index contributed by atoms with van der Waals surface area (Å²) >= 11 is 0. The van der Waals surface area contributed by atoms with Crippen LogP contribution >= 0.6 is 0 Å². The van der Waals surface area contributed by atoms with Crippen molar-refractivity contribution >= 4 is 0 Å². The second kappa shape index (κ2) is 5.69. The molecule has 4 heteroatoms. The van der Waals surface area contributed by atoms with Gasteiger partial charge in [-0.3, -0.25) is 11.3 Å². The lowest BCUT2D eigenvalue weighted by Crippen LogP contribution is -2.59. The van der Waals surface area contributed by atoms with E-state index in [-0.39, 0.29) is 11.6 Å². The molecule has 1 saturated carbocycles. The van der Waals surface area contributed by atoms with E-state index in [9.17, 15) is 0 Å². The predicted octanol–water partition coefficient (Wildman–Crippen LogP) is 1.64. The van der Waals surface area contributed by atoms with Gasteiger partial charge in [0.2, 0.25) is 0 Å². The maximum atomic E-state index is 5.70. The molecule has 0 aliphatic heterocycles. The molecule has 1 fully saturated rings. The van der Waals surface area contributed by atoms with Crippen LogP contribution in [-0.2, 0) is 11.2 Å². The maximum Gasteiger partial charge on any atom is 0.119 e. The van der Waals surface area contributed by atoms with Gasteiger partial charge in [0.15, 0.2) is 0 Å². The van der Waals surface area contributed by atoms with Gasteiger partial charge in [0.05, 0.1) is 18.8 Å². The lowest BCUT2D eigenvalue weighted by Gasteiger charge is -2.46. The summed E-state index contributed by atoms with van der Waals surface area (Å²) in [7, 11) is 3.45. The third-order valence-corrected chi connectivity index (χ3v) is 4.02. The molecule has 0 bridgehead atoms. The molecule has 18 heavy (non-hydrogen) atoms. The monoisotopic (exact) mass is 250 g/mol. The van der Waals surface area contributed by atoms with Gasteiger partial charge in [-0.1, -0.05) is 12.1 Å². The average molecular weight is 250 g/mol. The Hall–Kier alpha value is -1.10. The number of nitrogens with one attached hydrogen (secondary N) is 1. The summed E-state index contributed by atoms with van der Waals surface area (Å²) < 4.78 is 10.9. The van der Waals surface area contributed by atoms with Crippen molar-refractivity contribution in [3.05, 3.63) is 29.8 Å². The first-order valence-electron chi connectivity index (χ1n) is 6.38. The van der Waals surface area contributed by atoms with Gasteiger partial charge < -0.3 is 9.47 Å². The Kier molecular flexibility index (Phi) is 4.22. The summed E-state index contributed by atoms with van der Waals surface area (Å²) in [4.78, 5) is 0. The third-order valence-electron chi connectivity index (χ3n) is 4.02. The molecule has 0 heterocycles. The van der Waals surface area contributed by atoms with Gasteiger partial charge in [0.25, 0.3) is 0 Å². The number of ether oxygens (including phenoxy) is 2. The highest BCUT2D eigenvalue weighted by molar-refractivity contribution is 5.29. The van der Waals surface area contributed by atoms with Crippen molar-refractivity contribution < 1.29 is 9.47 Å². The molecular weight excluding hydrogens is 228 g/mol. The van der Waals surface area contributed by atoms with Crippen LogP contribution in [0.5, 0.6) is 5.75 Å². The molecule has 2 rings (SSSR count). The predicted molar refractivity (Wildman–Crippen MR) is 71.4 cm³/mol. The van der Waals surface area contributed by atoms with Crippen LogP contribution in [0, 0.1) is 0 Å². The molecule has 1 unspecified atom stereocenters. The largest absolute Gasteiger partial charge is 0.497 e. The second-order valence-electron chi connectivity index (χ2n) is 4.90. The fraction of sp³-hybridized carbons (Fsp3) is 0.571. The molecule has 1 aromatic carbocycles. The number of methoxy groups -OCH3 is 2. The molecular formula is C14H22N2O2. The lowest BCUT2D eigenvalue weighted by atomic mass is 9.73. The van der Waals surface area contributed by atoms with E-state index in [1.54, 1.807) is 14.2 Å². The van der Waals surface area contributed by atoms with Crippen molar-refractivity contribution in [3.8, 4) is 5.75 Å². The number of hydrogen-bond acceptors (Lipinski definition) is 4. The normalized spacial score (nSPS) is 19.1. The van der Waals surface area contributed by atoms with E-state index >= 15 is 0 Å². The van der Waals surface area contributed by atoms with Crippen LogP contribution in [0.1, 0.15) is 24.8 Å². The van der Waals surface area contributed by atoms with Crippen molar-refractivity contribution in [1.82, 2.24) is 5.43 Å². The summed E-state index contributed by atoms with van der Waals surface area (Å²) in [6.07, 6.45) is 4.20. The summed E-state index contributed by atoms with van der Waals surface area (Å²) in [6.45, 7) is 0. The zero-order chi connectivity index (χ0) is 13.0. The van der Waals surface area contributed by atoms with E-state index < -0.39 is 0 Å². The molecule has 0 spiro atoms. The zero-order valence-electron chi connectivity index (χ0n) is 11.1. The fourth-order valence-corrected chi connectivity index (χ4v) is 2.65. The SMILES string of the molecule is COc1cccc(CC(NN)C2(OC)CCC2)c1. The third kappa shape index (κ3) is 2.51. The van der Waals surface area contributed by atoms with Crippen molar-refractivity contribution in [2.75, 3.05) is 14.2 Å². The van der Waals surface area contributed by atoms with Crippen LogP contribution in [0.15, 0.2) is 24.3 Å². The molecule has 0 amide bonds. The summed E-state index contributed by atoms with van der Waals surface area (Å²) in [5.74, 6) is 6.58. The van der Waals surface area contributed by atoms with Gasteiger partial charge in [0, 0.05) is 7.11 Å². The molecule has 1 atom stereocenters. The van der Waals surface area contributed by atoms with Crippen LogP contribution in [-0.4, -0.2) is 25.9 Å². The number of hydrogen-bond donors (Lipinski definition) is 2. The van der Waals surface area contributed by atoms with E-state index in [0.29, 0.717) is 0 Å². The molecule has 1 aliphatic carbocycles. The molecule has 1 aromatic rings. The molecule has 100 valence electrons. The van der Waals surface area contributed by atoms with E-state index in [1.807, 2.05) is 18.2 Å². The Balaban J connectivity index is 2.09. The van der Waals surface area contributed by atoms with Crippen molar-refractivity contribution in [1.29, 1.82) is 0 Å². The number of hydrazine groups is 1. The van der Waals surface area contributed by atoms with Gasteiger partial charge >= 0.3 is 0 Å². The number of rotatable bonds is 6. The van der Waals surface area contributed by atoms with Crippen molar-refractivity contribution in [2.24, 2.45) is 5.84 Å². The highest BCUT2D eigenvalue weighted by Crippen LogP contribution is 2.39. The Morgan fingerprint density at radius 1 is 1.39 bits per heavy atom. The lowest BCUT2D eigenvalue weighted by molar-refractivity contribution is -0.0982. The first-order valence-corrected chi connectivity index (χ1v) is 6.38. The van der Waals surface area contributed by atoms with Gasteiger partial charge in [0.1, 0.15) is 5.75 Å². The zero-order valence-corrected chi connectivity index (χ0v) is 11.1. The topological polar surface area (TPSA) is 56.5 Å². The minimum Gasteiger partial charge on any atom is -0.497 e. The molecule has 4 nitrogen and oxygen atoms in total. The minimum absolute atomic E-state index is 0.0994. The Bertz CT molecular complexity index is 386. The summed E-state index contributed by atoms with van der Waals surface area (Å²) in [5.41, 5.74) is 4.03. The highest BCUT2D eigenvalue weighted by Gasteiger charge is 2.43. The van der Waals surface area contributed by atoms with Crippen LogP contribution < -0.4 is 16.0 Å². The summed E-state index contributed by atoms with van der Waals surface area (Å²) in [6, 6.07) is 8.23. The second-order valence-corrected chi connectivity index (χ2v) is 4.90. The van der Waals surface area contributed by atoms with Crippen molar-refractivity contribution in [3.63, 3.8) is 0 Å². The van der Waals surface area contributed by atoms with Gasteiger partial charge in [-0.05, 0) is 43.4 Å². The van der Waals surface area contributed by atoms with Crippen molar-refractivity contribution in [2.45, 2.75) is 37.3 Å². The molecule has 0 aromatic heterocycles. The fourth-order valence-electron chi connectivity index (χ4n) is 2.65. The Morgan fingerprint density at radius 2 is 2.17 bits per heavy atom. The van der Waals surface area contributed by atoms with E-state index in [0.717, 1.165) is 25.0 Å². The highest BCUT2D eigenvalue weighted by atomic mass is 16.5. The van der Waals surface area contributed by atoms with E-state index in [2.05, 4.69) is 11.5 Å². The first-order chi connectivity index (χ1) is 8.74. The molecule has 0 radical (unpaired) electrons. The number of nitrogens with two attached hydrogens (primary N) is 1. The van der Waals surface area contributed by atoms with Crippen LogP contribution in [0.25, 0.3) is 0 Å². The maximum absolute atomic E-state index is 5.70. The summed E-state index contributed by atoms with van der Waals surface area (Å²) in [5, 5.41) is 0. The van der Waals surface area contributed by atoms with E-state index in [1.165, 1.54) is 12.0 Å². The smallest absolute Gasteiger partial charge is 0.119 e. The standard InChI is InChI=1S/C14H22N2O2/c1-17-12-6-3-5-11(9-12)10-13(16-15)14(18-2)7-4-8-14/h3,5-6,9,13,16H,4,7-8,10,15H2,1-2H3. The Labute approximate surface area is 108 Å². The van der Waals surface area contributed by atoms with Crippen LogP contribution in [0.4, 0.5) is 0 Å². The van der Waals surface area contributed by atoms with Gasteiger partial charge in [-0.15, -0.1) is 0 Å². The molecule has 1 aliphatic rings. The van der Waals surface area contributed by atoms with Crippen LogP contribution in [0.2, 0.25) is 0 Å².